The number of ether oxygens (including phenoxy) is 1. The van der Waals surface area contributed by atoms with Crippen LogP contribution in [0.2, 0.25) is 5.02 Å². The van der Waals surface area contributed by atoms with Crippen LogP contribution in [0.1, 0.15) is 12.5 Å². The predicted molar refractivity (Wildman–Crippen MR) is 89.2 cm³/mol. The van der Waals surface area contributed by atoms with Crippen LogP contribution in [0, 0.1) is 0 Å². The van der Waals surface area contributed by atoms with Gasteiger partial charge in [0.15, 0.2) is 5.75 Å². The Hall–Kier alpha value is -2.75. The van der Waals surface area contributed by atoms with Crippen LogP contribution >= 0.6 is 11.6 Å². The van der Waals surface area contributed by atoms with Crippen LogP contribution in [0.3, 0.4) is 0 Å². The maximum atomic E-state index is 12.7. The Morgan fingerprint density at radius 1 is 1.18 bits per heavy atom. The fourth-order valence-electron chi connectivity index (χ4n) is 1.95. The van der Waals surface area contributed by atoms with E-state index in [0.29, 0.717) is 18.3 Å². The number of alkyl halides is 6. The quantitative estimate of drug-likeness (QED) is 0.473. The second-order valence-electron chi connectivity index (χ2n) is 5.42. The first-order chi connectivity index (χ1) is 12.9. The fourth-order valence-corrected chi connectivity index (χ4v) is 2.15. The summed E-state index contributed by atoms with van der Waals surface area (Å²) in [6.07, 6.45) is -8.76. The number of ketones is 1. The molecule has 150 valence electrons. The van der Waals surface area contributed by atoms with E-state index >= 15 is 0 Å². The molecule has 0 atom stereocenters. The van der Waals surface area contributed by atoms with Crippen molar-refractivity contribution in [2.24, 2.45) is 0 Å². The van der Waals surface area contributed by atoms with Gasteiger partial charge in [-0.15, -0.1) is 0 Å². The van der Waals surface area contributed by atoms with Crippen LogP contribution in [0.5, 0.6) is 11.6 Å². The molecule has 1 aromatic heterocycles. The first kappa shape index (κ1) is 21.5. The van der Waals surface area contributed by atoms with Gasteiger partial charge in [0.1, 0.15) is 5.02 Å². The molecule has 11 heteroatoms. The molecular formula is C17H11ClF6N2O2. The van der Waals surface area contributed by atoms with Gasteiger partial charge in [0.2, 0.25) is 5.88 Å². The highest BCUT2D eigenvalue weighted by Crippen LogP contribution is 2.36. The maximum Gasteiger partial charge on any atom is 0.454 e. The van der Waals surface area contributed by atoms with E-state index in [4.69, 9.17) is 16.3 Å². The van der Waals surface area contributed by atoms with Gasteiger partial charge in [-0.2, -0.15) is 26.3 Å². The lowest BCUT2D eigenvalue weighted by Crippen LogP contribution is -2.21. The van der Waals surface area contributed by atoms with E-state index < -0.39 is 28.7 Å². The zero-order chi connectivity index (χ0) is 21.1. The molecule has 28 heavy (non-hydrogen) atoms. The summed E-state index contributed by atoms with van der Waals surface area (Å²) in [5.41, 5.74) is -1.06. The number of nitrogens with zero attached hydrogens (tertiary/aromatic N) is 1. The molecule has 0 aliphatic rings. The number of rotatable bonds is 5. The fraction of sp³-hybridized carbons (Fsp3) is 0.176. The number of hydrogen-bond donors (Lipinski definition) is 1. The average Bonchev–Trinajstić information content (AvgIpc) is 2.56. The molecule has 0 spiro atoms. The van der Waals surface area contributed by atoms with Gasteiger partial charge in [0.25, 0.3) is 5.78 Å². The number of anilines is 1. The van der Waals surface area contributed by atoms with Gasteiger partial charge in [-0.25, -0.2) is 4.98 Å². The first-order valence-electron chi connectivity index (χ1n) is 7.44. The number of allylic oxidation sites excluding steroid dienone is 2. The van der Waals surface area contributed by atoms with Crippen molar-refractivity contribution in [3.05, 3.63) is 58.9 Å². The second-order valence-corrected chi connectivity index (χ2v) is 5.83. The van der Waals surface area contributed by atoms with Crippen LogP contribution in [0.15, 0.2) is 48.3 Å². The van der Waals surface area contributed by atoms with Crippen LogP contribution in [0.4, 0.5) is 32.0 Å². The first-order valence-corrected chi connectivity index (χ1v) is 7.82. The highest BCUT2D eigenvalue weighted by atomic mass is 35.5. The molecule has 0 saturated carbocycles. The Morgan fingerprint density at radius 2 is 1.82 bits per heavy atom. The molecule has 0 fully saturated rings. The van der Waals surface area contributed by atoms with Gasteiger partial charge in [0, 0.05) is 18.0 Å². The third-order valence-corrected chi connectivity index (χ3v) is 3.46. The zero-order valence-corrected chi connectivity index (χ0v) is 14.7. The third-order valence-electron chi connectivity index (χ3n) is 3.19. The van der Waals surface area contributed by atoms with Gasteiger partial charge in [-0.1, -0.05) is 23.7 Å². The highest BCUT2D eigenvalue weighted by Gasteiger charge is 2.36. The molecule has 0 aliphatic heterocycles. The molecule has 0 bridgehead atoms. The van der Waals surface area contributed by atoms with Crippen molar-refractivity contribution < 1.29 is 35.9 Å². The summed E-state index contributed by atoms with van der Waals surface area (Å²) in [5.74, 6) is -2.37. The molecule has 2 rings (SSSR count). The molecular weight excluding hydrogens is 414 g/mol. The third kappa shape index (κ3) is 5.62. The van der Waals surface area contributed by atoms with Crippen LogP contribution in [-0.2, 0) is 11.0 Å². The van der Waals surface area contributed by atoms with Crippen LogP contribution in [0.25, 0.3) is 0 Å². The van der Waals surface area contributed by atoms with Crippen molar-refractivity contribution in [2.45, 2.75) is 19.3 Å². The number of para-hydroxylation sites is 2. The number of carbonyl (C=O) groups is 1. The largest absolute Gasteiger partial charge is 0.454 e. The molecule has 0 aliphatic carbocycles. The molecule has 1 heterocycles. The Balaban J connectivity index is 2.26. The number of aromatic nitrogens is 1. The van der Waals surface area contributed by atoms with Crippen molar-refractivity contribution in [2.75, 3.05) is 5.32 Å². The molecule has 0 saturated heterocycles. The summed E-state index contributed by atoms with van der Waals surface area (Å²) in [6, 6.07) is 6.47. The number of pyridine rings is 1. The molecule has 1 N–H and O–H groups in total. The lowest BCUT2D eigenvalue weighted by atomic mass is 10.2. The minimum absolute atomic E-state index is 0.0175. The van der Waals surface area contributed by atoms with Crippen molar-refractivity contribution >= 4 is 23.1 Å². The molecule has 0 radical (unpaired) electrons. The molecule has 1 aromatic carbocycles. The van der Waals surface area contributed by atoms with Crippen molar-refractivity contribution in [3.8, 4) is 11.6 Å². The van der Waals surface area contributed by atoms with Gasteiger partial charge < -0.3 is 10.1 Å². The summed E-state index contributed by atoms with van der Waals surface area (Å²) < 4.78 is 80.3. The second kappa shape index (κ2) is 8.09. The smallest absolute Gasteiger partial charge is 0.435 e. The van der Waals surface area contributed by atoms with E-state index in [9.17, 15) is 31.1 Å². The number of halogens is 7. The monoisotopic (exact) mass is 424 g/mol. The topological polar surface area (TPSA) is 51.2 Å². The summed E-state index contributed by atoms with van der Waals surface area (Å²) in [5, 5.41) is 2.14. The lowest BCUT2D eigenvalue weighted by Gasteiger charge is -2.14. The minimum Gasteiger partial charge on any atom is -0.435 e. The number of benzene rings is 1. The van der Waals surface area contributed by atoms with Crippen molar-refractivity contribution in [1.29, 1.82) is 0 Å². The number of carbonyl (C=O) groups excluding carboxylic acids is 1. The SMILES string of the molecule is C/C(=C\C(=O)C(F)(F)F)Nc1ccccc1Oc1ncc(C(F)(F)F)cc1Cl. The van der Waals surface area contributed by atoms with Crippen LogP contribution in [-0.4, -0.2) is 16.9 Å². The molecule has 0 amide bonds. The maximum absolute atomic E-state index is 12.7. The van der Waals surface area contributed by atoms with E-state index in [2.05, 4.69) is 10.3 Å². The van der Waals surface area contributed by atoms with Gasteiger partial charge >= 0.3 is 12.4 Å². The van der Waals surface area contributed by atoms with E-state index in [1.807, 2.05) is 0 Å². The lowest BCUT2D eigenvalue weighted by molar-refractivity contribution is -0.165. The van der Waals surface area contributed by atoms with E-state index in [0.717, 1.165) is 0 Å². The van der Waals surface area contributed by atoms with Crippen molar-refractivity contribution in [1.82, 2.24) is 4.98 Å². The molecule has 0 unspecified atom stereocenters. The number of hydrogen-bond acceptors (Lipinski definition) is 4. The molecule has 2 aromatic rings. The van der Waals surface area contributed by atoms with Gasteiger partial charge in [0.05, 0.1) is 11.3 Å². The Bertz CT molecular complexity index is 909. The summed E-state index contributed by atoms with van der Waals surface area (Å²) in [6.45, 7) is 1.23. The van der Waals surface area contributed by atoms with Crippen LogP contribution < -0.4 is 10.1 Å². The van der Waals surface area contributed by atoms with Gasteiger partial charge in [-0.3, -0.25) is 4.79 Å². The summed E-state index contributed by atoms with van der Waals surface area (Å²) in [7, 11) is 0. The zero-order valence-electron chi connectivity index (χ0n) is 14.0. The Kier molecular flexibility index (Phi) is 6.23. The summed E-state index contributed by atoms with van der Waals surface area (Å²) in [4.78, 5) is 14.5. The van der Waals surface area contributed by atoms with E-state index in [1.54, 1.807) is 0 Å². The minimum atomic E-state index is -5.02. The molecule has 4 nitrogen and oxygen atoms in total. The Labute approximate surface area is 159 Å². The standard InChI is InChI=1S/C17H11ClF6N2O2/c1-9(6-14(27)17(22,23)24)26-12-4-2-3-5-13(12)28-15-11(18)7-10(8-25-15)16(19,20)21/h2-8,26H,1H3/b9-6+. The predicted octanol–water partition coefficient (Wildman–Crippen LogP) is 5.99. The normalized spacial score (nSPS) is 12.6. The highest BCUT2D eigenvalue weighted by molar-refractivity contribution is 6.31. The number of nitrogens with one attached hydrogen (secondary N) is 1. The van der Waals surface area contributed by atoms with E-state index in [-0.39, 0.29) is 23.0 Å². The summed E-state index contributed by atoms with van der Waals surface area (Å²) >= 11 is 5.77. The van der Waals surface area contributed by atoms with Gasteiger partial charge in [-0.05, 0) is 25.1 Å². The van der Waals surface area contributed by atoms with E-state index in [1.165, 1.54) is 31.2 Å². The van der Waals surface area contributed by atoms with Crippen molar-refractivity contribution in [3.63, 3.8) is 0 Å². The average molecular weight is 425 g/mol. The Morgan fingerprint density at radius 3 is 2.39 bits per heavy atom.